The van der Waals surface area contributed by atoms with Crippen molar-refractivity contribution in [2.45, 2.75) is 61.3 Å². The topological polar surface area (TPSA) is 52.6 Å². The zero-order chi connectivity index (χ0) is 19.7. The number of esters is 2. The molecule has 4 heteroatoms. The van der Waals surface area contributed by atoms with E-state index in [2.05, 4.69) is 53.7 Å². The molecule has 0 spiro atoms. The molecule has 0 aliphatic rings. The minimum absolute atomic E-state index is 0.280. The number of carbonyl (C=O) groups excluding carboxylic acids is 2. The molecule has 1 rings (SSSR count). The second kappa shape index (κ2) is 17.0. The Morgan fingerprint density at radius 3 is 1.68 bits per heavy atom. The number of ether oxygens (including phenoxy) is 2. The number of hydrogen-bond acceptors (Lipinski definition) is 4. The molecule has 0 saturated carbocycles. The second-order valence-electron chi connectivity index (χ2n) is 5.43. The first kappa shape index (κ1) is 25.4. The predicted octanol–water partition coefficient (Wildman–Crippen LogP) is 5.05. The standard InChI is InChI=1S/C11H16.C8H14O4.C2H6/c1-3-10(2)9-11-7-5-4-6-8-11;1-4-11-7(9)6(3)8(10)12-5-2;1-2/h4-8,10H,3,9H2,1-2H3;6H,4-5H2,1-3H3;1-2H3. The van der Waals surface area contributed by atoms with E-state index in [1.165, 1.54) is 25.3 Å². The summed E-state index contributed by atoms with van der Waals surface area (Å²) in [5, 5.41) is 0. The van der Waals surface area contributed by atoms with Crippen LogP contribution in [0.15, 0.2) is 30.3 Å². The molecule has 0 aromatic heterocycles. The lowest BCUT2D eigenvalue weighted by Gasteiger charge is -2.08. The van der Waals surface area contributed by atoms with Crippen LogP contribution in [0.1, 0.15) is 60.5 Å². The molecule has 1 atom stereocenters. The van der Waals surface area contributed by atoms with Crippen LogP contribution in [0.2, 0.25) is 0 Å². The van der Waals surface area contributed by atoms with Gasteiger partial charge in [-0.3, -0.25) is 9.59 Å². The minimum Gasteiger partial charge on any atom is -0.465 e. The van der Waals surface area contributed by atoms with Crippen molar-refractivity contribution in [3.63, 3.8) is 0 Å². The van der Waals surface area contributed by atoms with Gasteiger partial charge in [0.1, 0.15) is 0 Å². The van der Waals surface area contributed by atoms with Gasteiger partial charge >= 0.3 is 11.9 Å². The summed E-state index contributed by atoms with van der Waals surface area (Å²) in [6, 6.07) is 10.7. The molecule has 0 aliphatic carbocycles. The SMILES string of the molecule is CC.CCC(C)Cc1ccccc1.CCOC(=O)C(C)C(=O)OCC. The maximum absolute atomic E-state index is 10.9. The first-order chi connectivity index (χ1) is 12.0. The van der Waals surface area contributed by atoms with Crippen LogP contribution in [0.4, 0.5) is 0 Å². The van der Waals surface area contributed by atoms with Crippen molar-refractivity contribution >= 4 is 11.9 Å². The molecule has 1 unspecified atom stereocenters. The van der Waals surface area contributed by atoms with E-state index in [4.69, 9.17) is 0 Å². The van der Waals surface area contributed by atoms with Crippen LogP contribution in [0.3, 0.4) is 0 Å². The van der Waals surface area contributed by atoms with Crippen LogP contribution in [-0.4, -0.2) is 25.2 Å². The summed E-state index contributed by atoms with van der Waals surface area (Å²) in [7, 11) is 0. The summed E-state index contributed by atoms with van der Waals surface area (Å²) >= 11 is 0. The maximum Gasteiger partial charge on any atom is 0.320 e. The van der Waals surface area contributed by atoms with Crippen LogP contribution in [0.25, 0.3) is 0 Å². The van der Waals surface area contributed by atoms with E-state index >= 15 is 0 Å². The molecule has 0 amide bonds. The zero-order valence-corrected chi connectivity index (χ0v) is 17.0. The highest BCUT2D eigenvalue weighted by Crippen LogP contribution is 2.10. The highest BCUT2D eigenvalue weighted by atomic mass is 16.6. The maximum atomic E-state index is 10.9. The molecule has 0 fully saturated rings. The van der Waals surface area contributed by atoms with Crippen molar-refractivity contribution in [3.05, 3.63) is 35.9 Å². The summed E-state index contributed by atoms with van der Waals surface area (Å²) in [6.07, 6.45) is 2.49. The first-order valence-electron chi connectivity index (χ1n) is 9.33. The van der Waals surface area contributed by atoms with Crippen LogP contribution in [0, 0.1) is 11.8 Å². The van der Waals surface area contributed by atoms with E-state index in [9.17, 15) is 9.59 Å². The van der Waals surface area contributed by atoms with Gasteiger partial charge in [0.15, 0.2) is 5.92 Å². The smallest absolute Gasteiger partial charge is 0.320 e. The number of rotatable bonds is 7. The van der Waals surface area contributed by atoms with Gasteiger partial charge in [-0.25, -0.2) is 0 Å². The van der Waals surface area contributed by atoms with Crippen LogP contribution in [0.5, 0.6) is 0 Å². The van der Waals surface area contributed by atoms with Gasteiger partial charge in [0.05, 0.1) is 13.2 Å². The fraction of sp³-hybridized carbons (Fsp3) is 0.619. The fourth-order valence-corrected chi connectivity index (χ4v) is 1.79. The molecule has 0 heterocycles. The van der Waals surface area contributed by atoms with Crippen molar-refractivity contribution in [2.24, 2.45) is 11.8 Å². The van der Waals surface area contributed by atoms with Crippen molar-refractivity contribution in [1.82, 2.24) is 0 Å². The van der Waals surface area contributed by atoms with Gasteiger partial charge < -0.3 is 9.47 Å². The van der Waals surface area contributed by atoms with E-state index < -0.39 is 17.9 Å². The second-order valence-corrected chi connectivity index (χ2v) is 5.43. The van der Waals surface area contributed by atoms with Crippen molar-refractivity contribution < 1.29 is 19.1 Å². The molecule has 0 N–H and O–H groups in total. The Balaban J connectivity index is 0. The molecular weight excluding hydrogens is 316 g/mol. The number of hydrogen-bond donors (Lipinski definition) is 0. The van der Waals surface area contributed by atoms with Gasteiger partial charge in [0, 0.05) is 0 Å². The van der Waals surface area contributed by atoms with Crippen molar-refractivity contribution in [3.8, 4) is 0 Å². The molecule has 1 aromatic carbocycles. The molecule has 144 valence electrons. The lowest BCUT2D eigenvalue weighted by Crippen LogP contribution is -2.25. The quantitative estimate of drug-likeness (QED) is 0.509. The van der Waals surface area contributed by atoms with E-state index in [-0.39, 0.29) is 13.2 Å². The third kappa shape index (κ3) is 13.2. The lowest BCUT2D eigenvalue weighted by molar-refractivity contribution is -0.160. The Bertz CT molecular complexity index is 424. The average Bonchev–Trinajstić information content (AvgIpc) is 2.64. The largest absolute Gasteiger partial charge is 0.465 e. The molecule has 0 bridgehead atoms. The molecular formula is C21H36O4. The van der Waals surface area contributed by atoms with E-state index in [1.807, 2.05) is 13.8 Å². The Morgan fingerprint density at radius 1 is 0.880 bits per heavy atom. The Kier molecular flexibility index (Phi) is 17.3. The molecule has 0 saturated heterocycles. The van der Waals surface area contributed by atoms with Gasteiger partial charge in [-0.15, -0.1) is 0 Å². The summed E-state index contributed by atoms with van der Waals surface area (Å²) in [5.74, 6) is -1.06. The lowest BCUT2D eigenvalue weighted by atomic mass is 9.99. The van der Waals surface area contributed by atoms with Gasteiger partial charge in [-0.2, -0.15) is 0 Å². The third-order valence-corrected chi connectivity index (χ3v) is 3.40. The Labute approximate surface area is 153 Å². The van der Waals surface area contributed by atoms with E-state index in [1.54, 1.807) is 13.8 Å². The van der Waals surface area contributed by atoms with Gasteiger partial charge in [-0.05, 0) is 38.7 Å². The molecule has 25 heavy (non-hydrogen) atoms. The number of benzene rings is 1. The zero-order valence-electron chi connectivity index (χ0n) is 17.0. The van der Waals surface area contributed by atoms with E-state index in [0.29, 0.717) is 0 Å². The molecule has 1 aromatic rings. The predicted molar refractivity (Wildman–Crippen MR) is 103 cm³/mol. The van der Waals surface area contributed by atoms with Gasteiger partial charge in [0.2, 0.25) is 0 Å². The summed E-state index contributed by atoms with van der Waals surface area (Å²) in [4.78, 5) is 21.9. The van der Waals surface area contributed by atoms with Crippen LogP contribution >= 0.6 is 0 Å². The van der Waals surface area contributed by atoms with Crippen molar-refractivity contribution in [2.75, 3.05) is 13.2 Å². The highest BCUT2D eigenvalue weighted by Gasteiger charge is 2.23. The Morgan fingerprint density at radius 2 is 1.32 bits per heavy atom. The normalized spacial score (nSPS) is 10.6. The Hall–Kier alpha value is -1.84. The highest BCUT2D eigenvalue weighted by molar-refractivity contribution is 5.94. The van der Waals surface area contributed by atoms with E-state index in [0.717, 1.165) is 5.92 Å². The summed E-state index contributed by atoms with van der Waals surface area (Å²) < 4.78 is 9.26. The van der Waals surface area contributed by atoms with Gasteiger partial charge in [-0.1, -0.05) is 64.4 Å². The minimum atomic E-state index is -0.815. The number of carbonyl (C=O) groups is 2. The summed E-state index contributed by atoms with van der Waals surface area (Å²) in [5.41, 5.74) is 1.46. The first-order valence-corrected chi connectivity index (χ1v) is 9.33. The summed E-state index contributed by atoms with van der Waals surface area (Å²) in [6.45, 7) is 14.0. The third-order valence-electron chi connectivity index (χ3n) is 3.40. The van der Waals surface area contributed by atoms with Crippen LogP contribution in [-0.2, 0) is 25.5 Å². The molecule has 0 aliphatic heterocycles. The average molecular weight is 353 g/mol. The van der Waals surface area contributed by atoms with Crippen LogP contribution < -0.4 is 0 Å². The van der Waals surface area contributed by atoms with Crippen molar-refractivity contribution in [1.29, 1.82) is 0 Å². The monoisotopic (exact) mass is 352 g/mol. The van der Waals surface area contributed by atoms with Gasteiger partial charge in [0.25, 0.3) is 0 Å². The molecule has 0 radical (unpaired) electrons. The molecule has 4 nitrogen and oxygen atoms in total. The fourth-order valence-electron chi connectivity index (χ4n) is 1.79.